The second kappa shape index (κ2) is 19.0. The van der Waals surface area contributed by atoms with Gasteiger partial charge < -0.3 is 14.6 Å². The number of ether oxygens (including phenoxy) is 1. The summed E-state index contributed by atoms with van der Waals surface area (Å²) in [6, 6.07) is 15.0. The lowest BCUT2D eigenvalue weighted by Crippen LogP contribution is -2.18. The largest absolute Gasteiger partial charge is 0.466 e. The van der Waals surface area contributed by atoms with Crippen LogP contribution in [0.5, 0.6) is 0 Å². The number of allylic oxidation sites excluding steroid dienone is 10. The topological polar surface area (TPSA) is 60.3 Å². The van der Waals surface area contributed by atoms with Gasteiger partial charge in [-0.2, -0.15) is 0 Å². The predicted octanol–water partition coefficient (Wildman–Crippen LogP) is 8.62. The molecule has 41 heavy (non-hydrogen) atoms. The highest BCUT2D eigenvalue weighted by atomic mass is 16.5. The highest BCUT2D eigenvalue weighted by molar-refractivity contribution is 5.92. The Morgan fingerprint density at radius 1 is 1.10 bits per heavy atom. The molecule has 1 aromatic carbocycles. The molecule has 0 saturated heterocycles. The minimum Gasteiger partial charge on any atom is -0.466 e. The maximum Gasteiger partial charge on any atom is 0.302 e. The highest BCUT2D eigenvalue weighted by Gasteiger charge is 2.11. The van der Waals surface area contributed by atoms with E-state index in [2.05, 4.69) is 114 Å². The molecule has 0 fully saturated rings. The van der Waals surface area contributed by atoms with Gasteiger partial charge in [-0.05, 0) is 77.2 Å². The molecule has 0 spiro atoms. The first-order valence-electron chi connectivity index (χ1n) is 14.2. The van der Waals surface area contributed by atoms with Crippen molar-refractivity contribution >= 4 is 17.6 Å². The van der Waals surface area contributed by atoms with Gasteiger partial charge in [0.15, 0.2) is 0 Å². The first-order valence-corrected chi connectivity index (χ1v) is 14.2. The molecule has 0 aliphatic heterocycles. The van der Waals surface area contributed by atoms with Gasteiger partial charge in [0.25, 0.3) is 0 Å². The van der Waals surface area contributed by atoms with E-state index in [1.807, 2.05) is 13.8 Å². The van der Waals surface area contributed by atoms with Crippen molar-refractivity contribution in [1.82, 2.24) is 9.88 Å². The number of nitrogens with one attached hydrogen (secondary N) is 1. The van der Waals surface area contributed by atoms with Crippen LogP contribution < -0.4 is 5.32 Å². The van der Waals surface area contributed by atoms with Crippen molar-refractivity contribution < 1.29 is 14.3 Å². The fourth-order valence-corrected chi connectivity index (χ4v) is 4.02. The van der Waals surface area contributed by atoms with Gasteiger partial charge in [-0.25, -0.2) is 0 Å². The molecular weight excluding hydrogens is 508 g/mol. The number of likely N-dealkylation sites (N-methyl/N-ethyl adjacent to an activating group) is 1. The first kappa shape index (κ1) is 34.9. The quantitative estimate of drug-likeness (QED) is 0.161. The van der Waals surface area contributed by atoms with Gasteiger partial charge in [-0.3, -0.25) is 9.59 Å². The number of nitrogens with zero attached hydrogens (tertiary/aromatic N) is 1. The average molecular weight is 557 g/mol. The summed E-state index contributed by atoms with van der Waals surface area (Å²) in [7, 11) is 1.62. The van der Waals surface area contributed by atoms with E-state index in [9.17, 15) is 9.59 Å². The molecule has 1 heterocycles. The van der Waals surface area contributed by atoms with Gasteiger partial charge in [-0.1, -0.05) is 91.4 Å². The molecule has 1 aromatic heterocycles. The Labute approximate surface area is 247 Å². The van der Waals surface area contributed by atoms with Crippen LogP contribution in [0.25, 0.3) is 17.0 Å². The minimum atomic E-state index is -0.211. The van der Waals surface area contributed by atoms with E-state index in [-0.39, 0.29) is 11.9 Å². The van der Waals surface area contributed by atoms with Gasteiger partial charge in [0.2, 0.25) is 5.91 Å². The van der Waals surface area contributed by atoms with E-state index in [0.717, 1.165) is 24.0 Å². The Morgan fingerprint density at radius 2 is 1.78 bits per heavy atom. The third-order valence-electron chi connectivity index (χ3n) is 6.37. The van der Waals surface area contributed by atoms with Crippen molar-refractivity contribution in [1.29, 1.82) is 0 Å². The fraction of sp³-hybridized carbons (Fsp3) is 0.333. The van der Waals surface area contributed by atoms with Crippen molar-refractivity contribution in [2.45, 2.75) is 61.3 Å². The number of aromatic nitrogens is 1. The predicted molar refractivity (Wildman–Crippen MR) is 174 cm³/mol. The maximum atomic E-state index is 10.6. The second-order valence-corrected chi connectivity index (χ2v) is 9.78. The molecule has 0 radical (unpaired) electrons. The van der Waals surface area contributed by atoms with Crippen molar-refractivity contribution in [3.05, 3.63) is 114 Å². The van der Waals surface area contributed by atoms with Gasteiger partial charge in [-0.15, -0.1) is 0 Å². The molecule has 5 heteroatoms. The zero-order valence-corrected chi connectivity index (χ0v) is 26.2. The van der Waals surface area contributed by atoms with Crippen LogP contribution in [0.3, 0.4) is 0 Å². The lowest BCUT2D eigenvalue weighted by atomic mass is 9.94. The van der Waals surface area contributed by atoms with E-state index < -0.39 is 0 Å². The summed E-state index contributed by atoms with van der Waals surface area (Å²) >= 11 is 0. The zero-order valence-electron chi connectivity index (χ0n) is 26.2. The zero-order chi connectivity index (χ0) is 30.8. The Kier molecular flexibility index (Phi) is 16.2. The summed E-state index contributed by atoms with van der Waals surface area (Å²) in [5, 5.41) is 2.51. The average Bonchev–Trinajstić information content (AvgIpc) is 3.33. The lowest BCUT2D eigenvalue weighted by Gasteiger charge is -2.16. The number of amides is 1. The van der Waals surface area contributed by atoms with Crippen molar-refractivity contribution in [2.75, 3.05) is 13.7 Å². The van der Waals surface area contributed by atoms with Crippen LogP contribution in [-0.2, 0) is 14.3 Å². The molecule has 1 unspecified atom stereocenters. The molecule has 0 bridgehead atoms. The van der Waals surface area contributed by atoms with E-state index in [1.54, 1.807) is 27.0 Å². The Morgan fingerprint density at radius 3 is 2.29 bits per heavy atom. The van der Waals surface area contributed by atoms with Gasteiger partial charge in [0.05, 0.1) is 12.3 Å². The molecule has 1 amide bonds. The van der Waals surface area contributed by atoms with Crippen LogP contribution >= 0.6 is 0 Å². The van der Waals surface area contributed by atoms with E-state index in [4.69, 9.17) is 0 Å². The summed E-state index contributed by atoms with van der Waals surface area (Å²) in [5.74, 6) is 0.222. The van der Waals surface area contributed by atoms with Gasteiger partial charge in [0.1, 0.15) is 0 Å². The Balaban J connectivity index is 0.000000497. The molecule has 3 rings (SSSR count). The molecule has 2 aromatic rings. The summed E-state index contributed by atoms with van der Waals surface area (Å²) < 4.78 is 6.76. The fourth-order valence-electron chi connectivity index (χ4n) is 4.02. The second-order valence-electron chi connectivity index (χ2n) is 9.78. The Hall–Kier alpha value is -4.12. The lowest BCUT2D eigenvalue weighted by molar-refractivity contribution is -0.140. The van der Waals surface area contributed by atoms with Crippen LogP contribution in [0, 0.1) is 12.8 Å². The maximum absolute atomic E-state index is 10.6. The standard InChI is InChI=1S/C26H29N.C6H11NO.C4H8O2/c1-20(2)16-17-21(3)23-12-8-14-25(15-9-13-23)27-22(4)18-19-26(27)24-10-6-5-7-11-24;1-4-5(2)6(8)7-3;1-3-6-4(2)5/h5-8,10-11,13-19,21H,1,9,12H2,2-4H3;4H,1-3H3,(H,7,8);3H2,1-2H3/b14-8?,17-16+,23-13+,25-15+;5-4+;. The van der Waals surface area contributed by atoms with Crippen LogP contribution in [0.1, 0.15) is 60.1 Å². The van der Waals surface area contributed by atoms with Crippen LogP contribution in [0.2, 0.25) is 0 Å². The normalized spacial score (nSPS) is 16.2. The smallest absolute Gasteiger partial charge is 0.302 e. The number of benzene rings is 1. The minimum absolute atomic E-state index is 0.00694. The number of hydrogen-bond acceptors (Lipinski definition) is 3. The van der Waals surface area contributed by atoms with Crippen LogP contribution in [-0.4, -0.2) is 30.1 Å². The molecule has 1 N–H and O–H groups in total. The Bertz CT molecular complexity index is 1290. The number of carbonyl (C=O) groups excluding carboxylic acids is 2. The summed E-state index contributed by atoms with van der Waals surface area (Å²) in [5.41, 5.74) is 8.31. The molecule has 5 nitrogen and oxygen atoms in total. The third kappa shape index (κ3) is 12.7. The van der Waals surface area contributed by atoms with Gasteiger partial charge in [0, 0.05) is 30.9 Å². The SMILES string of the molecule is C/C=C(\C)C(=O)NC.C=C(C)/C=C/C(C)/C1=C/C/C=C(/n2c(C)ccc2-c2ccccc2)C=CC1.CCOC(C)=O. The molecule has 1 aliphatic rings. The van der Waals surface area contributed by atoms with E-state index >= 15 is 0 Å². The first-order chi connectivity index (χ1) is 19.5. The number of rotatable bonds is 7. The molecule has 220 valence electrons. The molecule has 1 atom stereocenters. The van der Waals surface area contributed by atoms with Crippen molar-refractivity contribution in [3.63, 3.8) is 0 Å². The summed E-state index contributed by atoms with van der Waals surface area (Å²) in [6.07, 6.45) is 17.3. The summed E-state index contributed by atoms with van der Waals surface area (Å²) in [6.45, 7) is 17.7. The molecular formula is C36H48N2O3. The summed E-state index contributed by atoms with van der Waals surface area (Å²) in [4.78, 5) is 20.4. The van der Waals surface area contributed by atoms with Crippen LogP contribution in [0.4, 0.5) is 0 Å². The highest BCUT2D eigenvalue weighted by Crippen LogP contribution is 2.28. The molecule has 0 saturated carbocycles. The van der Waals surface area contributed by atoms with Crippen molar-refractivity contribution in [3.8, 4) is 11.3 Å². The number of carbonyl (C=O) groups is 2. The molecule has 1 aliphatic carbocycles. The van der Waals surface area contributed by atoms with Gasteiger partial charge >= 0.3 is 5.97 Å². The van der Waals surface area contributed by atoms with E-state index in [0.29, 0.717) is 12.5 Å². The number of esters is 1. The van der Waals surface area contributed by atoms with Crippen LogP contribution in [0.15, 0.2) is 108 Å². The third-order valence-corrected chi connectivity index (χ3v) is 6.37. The number of hydrogen-bond donors (Lipinski definition) is 1. The van der Waals surface area contributed by atoms with E-state index in [1.165, 1.54) is 35.1 Å². The number of aryl methyl sites for hydroxylation is 1. The monoisotopic (exact) mass is 556 g/mol. The van der Waals surface area contributed by atoms with Crippen molar-refractivity contribution in [2.24, 2.45) is 5.92 Å².